The first-order valence-corrected chi connectivity index (χ1v) is 20.5. The summed E-state index contributed by atoms with van der Waals surface area (Å²) in [5.74, 6) is 0.717. The minimum atomic E-state index is 0.717. The molecule has 4 heteroatoms. The molecule has 3 heterocycles. The van der Waals surface area contributed by atoms with Crippen molar-refractivity contribution >= 4 is 75.0 Å². The third-order valence-corrected chi connectivity index (χ3v) is 12.6. The normalized spacial score (nSPS) is 11.8. The van der Waals surface area contributed by atoms with Crippen LogP contribution in [0.2, 0.25) is 0 Å². The minimum absolute atomic E-state index is 0.717. The van der Waals surface area contributed by atoms with E-state index < -0.39 is 0 Å². The van der Waals surface area contributed by atoms with Crippen LogP contribution in [0.1, 0.15) is 0 Å². The van der Waals surface area contributed by atoms with Gasteiger partial charge in [0, 0.05) is 48.4 Å². The summed E-state index contributed by atoms with van der Waals surface area (Å²) in [5.41, 5.74) is 11.3. The first kappa shape index (κ1) is 32.8. The Bertz CT molecular complexity index is 3530. The van der Waals surface area contributed by atoms with Crippen LogP contribution >= 0.6 is 11.3 Å². The van der Waals surface area contributed by atoms with Crippen molar-refractivity contribution in [3.8, 4) is 50.6 Å². The lowest BCUT2D eigenvalue weighted by Gasteiger charge is -2.13. The number of nitrogens with zero attached hydrogens (tertiary/aromatic N) is 3. The third kappa shape index (κ3) is 5.19. The summed E-state index contributed by atoms with van der Waals surface area (Å²) in [5, 5.41) is 9.70. The Balaban J connectivity index is 1.06. The Kier molecular flexibility index (Phi) is 7.40. The fourth-order valence-corrected chi connectivity index (χ4v) is 9.96. The number of hydrogen-bond donors (Lipinski definition) is 0. The molecule has 0 radical (unpaired) electrons. The summed E-state index contributed by atoms with van der Waals surface area (Å²) in [7, 11) is 0. The number of benzene rings is 9. The van der Waals surface area contributed by atoms with Crippen LogP contribution in [-0.4, -0.2) is 14.5 Å². The highest BCUT2D eigenvalue weighted by molar-refractivity contribution is 7.25. The molecule has 12 aromatic rings. The van der Waals surface area contributed by atoms with Crippen molar-refractivity contribution in [1.82, 2.24) is 14.5 Å². The maximum Gasteiger partial charge on any atom is 0.161 e. The van der Waals surface area contributed by atoms with E-state index >= 15 is 0 Å². The Morgan fingerprint density at radius 3 is 1.71 bits per heavy atom. The summed E-state index contributed by atoms with van der Waals surface area (Å²) < 4.78 is 3.63. The van der Waals surface area contributed by atoms with Crippen LogP contribution in [0.3, 0.4) is 0 Å². The smallest absolute Gasteiger partial charge is 0.161 e. The van der Waals surface area contributed by atoms with Gasteiger partial charge in [0.15, 0.2) is 5.82 Å². The van der Waals surface area contributed by atoms with Crippen LogP contribution in [0.4, 0.5) is 0 Å². The molecule has 9 aromatic carbocycles. The summed E-state index contributed by atoms with van der Waals surface area (Å²) in [4.78, 5) is 11.7. The van der Waals surface area contributed by atoms with E-state index in [0.29, 0.717) is 0 Å². The molecule has 0 aliphatic carbocycles. The lowest BCUT2D eigenvalue weighted by molar-refractivity contribution is 1.18. The lowest BCUT2D eigenvalue weighted by Crippen LogP contribution is -1.96. The Morgan fingerprint density at radius 2 is 1.00 bits per heavy atom. The SMILES string of the molecule is c1ccc(-c2cc3sc4nc(-c5ccc(-n6c7cc8ccccc8cc7c7ccc8ccccc8c76)cc5)nc(-c5ccccc5)c4c3cc2-c2ccccc2)cc1. The topological polar surface area (TPSA) is 30.7 Å². The van der Waals surface area contributed by atoms with Gasteiger partial charge in [0.05, 0.1) is 16.7 Å². The van der Waals surface area contributed by atoms with Crippen molar-refractivity contribution in [2.45, 2.75) is 0 Å². The first-order chi connectivity index (χ1) is 28.7. The van der Waals surface area contributed by atoms with Crippen molar-refractivity contribution in [3.63, 3.8) is 0 Å². The molecule has 0 fully saturated rings. The number of aromatic nitrogens is 3. The molecule has 0 aliphatic heterocycles. The molecule has 0 atom stereocenters. The maximum atomic E-state index is 5.40. The second-order valence-electron chi connectivity index (χ2n) is 15.0. The van der Waals surface area contributed by atoms with E-state index in [1.54, 1.807) is 11.3 Å². The summed E-state index contributed by atoms with van der Waals surface area (Å²) in [6.45, 7) is 0. The van der Waals surface area contributed by atoms with E-state index in [2.05, 4.69) is 205 Å². The molecule has 0 unspecified atom stereocenters. The zero-order valence-corrected chi connectivity index (χ0v) is 32.1. The molecule has 0 saturated carbocycles. The average Bonchev–Trinajstić information content (AvgIpc) is 3.83. The van der Waals surface area contributed by atoms with E-state index in [-0.39, 0.29) is 0 Å². The van der Waals surface area contributed by atoms with Gasteiger partial charge in [-0.3, -0.25) is 0 Å². The molecule has 270 valence electrons. The van der Waals surface area contributed by atoms with Crippen molar-refractivity contribution in [2.75, 3.05) is 0 Å². The van der Waals surface area contributed by atoms with Crippen LogP contribution in [0.5, 0.6) is 0 Å². The highest BCUT2D eigenvalue weighted by Crippen LogP contribution is 2.45. The monoisotopic (exact) mass is 755 g/mol. The standard InChI is InChI=1S/C54H33N3S/c1-4-14-34(15-5-1)44-32-47-49(33-45(44)35-16-6-2-7-17-35)58-54-50(47)51(37-19-8-3-9-20-37)55-53(56-54)38-24-27-41(28-25-38)57-48-31-40-22-11-10-21-39(40)30-46(48)43-29-26-36-18-12-13-23-42(36)52(43)57/h1-33H. The van der Waals surface area contributed by atoms with Gasteiger partial charge >= 0.3 is 0 Å². The van der Waals surface area contributed by atoms with Crippen molar-refractivity contribution < 1.29 is 0 Å². The molecule has 12 rings (SSSR count). The number of thiophene rings is 1. The molecular formula is C54H33N3S. The highest BCUT2D eigenvalue weighted by Gasteiger charge is 2.21. The molecule has 0 saturated heterocycles. The van der Waals surface area contributed by atoms with Gasteiger partial charge in [-0.2, -0.15) is 0 Å². The van der Waals surface area contributed by atoms with E-state index in [0.717, 1.165) is 38.5 Å². The van der Waals surface area contributed by atoms with Crippen LogP contribution in [-0.2, 0) is 0 Å². The Labute approximate surface area is 338 Å². The summed E-state index contributed by atoms with van der Waals surface area (Å²) in [6, 6.07) is 72.0. The fourth-order valence-electron chi connectivity index (χ4n) is 8.86. The summed E-state index contributed by atoms with van der Waals surface area (Å²) in [6.07, 6.45) is 0. The van der Waals surface area contributed by atoms with Gasteiger partial charge in [0.1, 0.15) is 4.83 Å². The third-order valence-electron chi connectivity index (χ3n) is 11.6. The molecule has 0 bridgehead atoms. The van der Waals surface area contributed by atoms with Crippen molar-refractivity contribution in [1.29, 1.82) is 0 Å². The van der Waals surface area contributed by atoms with Crippen molar-refractivity contribution in [3.05, 3.63) is 200 Å². The van der Waals surface area contributed by atoms with Gasteiger partial charge in [-0.15, -0.1) is 11.3 Å². The highest BCUT2D eigenvalue weighted by atomic mass is 32.1. The number of fused-ring (bicyclic) bond motifs is 9. The zero-order chi connectivity index (χ0) is 38.2. The molecule has 0 aliphatic rings. The molecule has 0 spiro atoms. The quantitative estimate of drug-likeness (QED) is 0.175. The van der Waals surface area contributed by atoms with E-state index in [1.165, 1.54) is 75.7 Å². The number of rotatable bonds is 5. The van der Waals surface area contributed by atoms with Crippen LogP contribution in [0.15, 0.2) is 200 Å². The van der Waals surface area contributed by atoms with Crippen LogP contribution in [0.25, 0.3) is 114 Å². The second kappa shape index (κ2) is 13.1. The average molecular weight is 756 g/mol. The van der Waals surface area contributed by atoms with Gasteiger partial charge in [0.25, 0.3) is 0 Å². The lowest BCUT2D eigenvalue weighted by atomic mass is 9.92. The predicted octanol–water partition coefficient (Wildman–Crippen LogP) is 14.9. The van der Waals surface area contributed by atoms with E-state index in [4.69, 9.17) is 9.97 Å². The maximum absolute atomic E-state index is 5.40. The molecule has 3 nitrogen and oxygen atoms in total. The van der Waals surface area contributed by atoms with Crippen LogP contribution < -0.4 is 0 Å². The largest absolute Gasteiger partial charge is 0.309 e. The Morgan fingerprint density at radius 1 is 0.397 bits per heavy atom. The molecular weight excluding hydrogens is 723 g/mol. The van der Waals surface area contributed by atoms with E-state index in [9.17, 15) is 0 Å². The molecule has 58 heavy (non-hydrogen) atoms. The Hall–Kier alpha value is -7.40. The number of hydrogen-bond acceptors (Lipinski definition) is 3. The van der Waals surface area contributed by atoms with Gasteiger partial charge in [-0.1, -0.05) is 152 Å². The zero-order valence-electron chi connectivity index (χ0n) is 31.3. The predicted molar refractivity (Wildman–Crippen MR) is 246 cm³/mol. The van der Waals surface area contributed by atoms with Crippen LogP contribution in [0, 0.1) is 0 Å². The molecule has 0 N–H and O–H groups in total. The van der Waals surface area contributed by atoms with Gasteiger partial charge in [-0.05, 0) is 86.9 Å². The minimum Gasteiger partial charge on any atom is -0.309 e. The molecule has 3 aromatic heterocycles. The fraction of sp³-hybridized carbons (Fsp3) is 0. The van der Waals surface area contributed by atoms with E-state index in [1.807, 2.05) is 0 Å². The van der Waals surface area contributed by atoms with Gasteiger partial charge in [-0.25, -0.2) is 9.97 Å². The van der Waals surface area contributed by atoms with Gasteiger partial charge in [0.2, 0.25) is 0 Å². The second-order valence-corrected chi connectivity index (χ2v) is 16.0. The van der Waals surface area contributed by atoms with Crippen molar-refractivity contribution in [2.24, 2.45) is 0 Å². The first-order valence-electron chi connectivity index (χ1n) is 19.7. The summed E-state index contributed by atoms with van der Waals surface area (Å²) >= 11 is 1.74. The van der Waals surface area contributed by atoms with Gasteiger partial charge < -0.3 is 4.57 Å². The molecule has 0 amide bonds.